The van der Waals surface area contributed by atoms with Crippen LogP contribution in [0.5, 0.6) is 0 Å². The first-order valence-corrected chi connectivity index (χ1v) is 7.25. The second-order valence-corrected chi connectivity index (χ2v) is 5.62. The molecule has 1 fully saturated rings. The maximum Gasteiger partial charge on any atom is 0.0461 e. The summed E-state index contributed by atoms with van der Waals surface area (Å²) in [5, 5.41) is 4.78. The Labute approximate surface area is 115 Å². The van der Waals surface area contributed by atoms with Gasteiger partial charge in [-0.25, -0.2) is 0 Å². The molecule has 3 heteroatoms. The van der Waals surface area contributed by atoms with Crippen LogP contribution in [-0.4, -0.2) is 42.6 Å². The number of rotatable bonds is 3. The minimum Gasteiger partial charge on any atom is -0.358 e. The number of nitrogens with one attached hydrogen (secondary N) is 2. The number of hydrogen-bond donors (Lipinski definition) is 2. The van der Waals surface area contributed by atoms with Crippen molar-refractivity contribution in [1.29, 1.82) is 0 Å². The topological polar surface area (TPSA) is 31.1 Å². The van der Waals surface area contributed by atoms with E-state index in [9.17, 15) is 0 Å². The van der Waals surface area contributed by atoms with Crippen LogP contribution < -0.4 is 5.32 Å². The third-order valence-corrected chi connectivity index (χ3v) is 4.20. The maximum absolute atomic E-state index is 3.60. The highest BCUT2D eigenvalue weighted by Gasteiger charge is 2.12. The van der Waals surface area contributed by atoms with Gasteiger partial charge in [-0.2, -0.15) is 0 Å². The van der Waals surface area contributed by atoms with E-state index in [1.807, 2.05) is 0 Å². The van der Waals surface area contributed by atoms with Gasteiger partial charge in [-0.05, 0) is 31.0 Å². The van der Waals surface area contributed by atoms with Gasteiger partial charge >= 0.3 is 0 Å². The summed E-state index contributed by atoms with van der Waals surface area (Å²) in [5.41, 5.74) is 5.43. The van der Waals surface area contributed by atoms with E-state index in [0.29, 0.717) is 0 Å². The molecular weight excluding hydrogens is 234 g/mol. The summed E-state index contributed by atoms with van der Waals surface area (Å²) in [7, 11) is 0. The summed E-state index contributed by atoms with van der Waals surface area (Å²) in [5.74, 6) is 0. The standard InChI is InChI=1S/C16H23N3/c1-12-3-4-14-13(2)15(18-16(14)11-12)5-8-19-9-6-17-7-10-19/h3-4,11,17-18H,5-10H2,1-2H3. The van der Waals surface area contributed by atoms with Crippen LogP contribution in [0.15, 0.2) is 18.2 Å². The van der Waals surface area contributed by atoms with Crippen LogP contribution in [0.25, 0.3) is 10.9 Å². The second-order valence-electron chi connectivity index (χ2n) is 5.62. The molecule has 2 heterocycles. The number of aryl methyl sites for hydroxylation is 2. The molecule has 2 N–H and O–H groups in total. The van der Waals surface area contributed by atoms with Gasteiger partial charge in [0.1, 0.15) is 0 Å². The molecule has 102 valence electrons. The van der Waals surface area contributed by atoms with Crippen LogP contribution in [0, 0.1) is 13.8 Å². The Morgan fingerprint density at radius 2 is 1.95 bits per heavy atom. The maximum atomic E-state index is 3.60. The predicted molar refractivity (Wildman–Crippen MR) is 80.8 cm³/mol. The van der Waals surface area contributed by atoms with Gasteiger partial charge in [0.15, 0.2) is 0 Å². The Morgan fingerprint density at radius 1 is 1.16 bits per heavy atom. The summed E-state index contributed by atoms with van der Waals surface area (Å²) in [6.07, 6.45) is 1.12. The quantitative estimate of drug-likeness (QED) is 0.883. The molecule has 3 nitrogen and oxygen atoms in total. The molecule has 0 unspecified atom stereocenters. The minimum atomic E-state index is 1.12. The van der Waals surface area contributed by atoms with Crippen molar-refractivity contribution < 1.29 is 0 Å². The first kappa shape index (κ1) is 12.7. The van der Waals surface area contributed by atoms with Crippen LogP contribution in [0.1, 0.15) is 16.8 Å². The summed E-state index contributed by atoms with van der Waals surface area (Å²) < 4.78 is 0. The van der Waals surface area contributed by atoms with Crippen molar-refractivity contribution >= 4 is 10.9 Å². The van der Waals surface area contributed by atoms with Crippen LogP contribution in [-0.2, 0) is 6.42 Å². The molecule has 2 aromatic rings. The molecule has 0 spiro atoms. The molecule has 0 bridgehead atoms. The lowest BCUT2D eigenvalue weighted by atomic mass is 10.1. The number of hydrogen-bond acceptors (Lipinski definition) is 2. The largest absolute Gasteiger partial charge is 0.358 e. The Morgan fingerprint density at radius 3 is 2.74 bits per heavy atom. The molecule has 0 amide bonds. The molecule has 3 rings (SSSR count). The molecular formula is C16H23N3. The number of aromatic amines is 1. The summed E-state index contributed by atoms with van der Waals surface area (Å²) >= 11 is 0. The fourth-order valence-electron chi connectivity index (χ4n) is 2.96. The molecule has 19 heavy (non-hydrogen) atoms. The van der Waals surface area contributed by atoms with Crippen LogP contribution in [0.4, 0.5) is 0 Å². The van der Waals surface area contributed by atoms with Crippen molar-refractivity contribution in [2.24, 2.45) is 0 Å². The zero-order valence-corrected chi connectivity index (χ0v) is 11.9. The lowest BCUT2D eigenvalue weighted by molar-refractivity contribution is 0.243. The van der Waals surface area contributed by atoms with Crippen LogP contribution in [0.3, 0.4) is 0 Å². The Balaban J connectivity index is 1.75. The van der Waals surface area contributed by atoms with Gasteiger partial charge in [-0.1, -0.05) is 12.1 Å². The van der Waals surface area contributed by atoms with Crippen LogP contribution in [0.2, 0.25) is 0 Å². The molecule has 0 atom stereocenters. The number of aromatic nitrogens is 1. The first-order chi connectivity index (χ1) is 9.24. The van der Waals surface area contributed by atoms with E-state index in [1.54, 1.807) is 0 Å². The monoisotopic (exact) mass is 257 g/mol. The smallest absolute Gasteiger partial charge is 0.0461 e. The Kier molecular flexibility index (Phi) is 3.58. The predicted octanol–water partition coefficient (Wildman–Crippen LogP) is 2.23. The molecule has 0 saturated carbocycles. The highest BCUT2D eigenvalue weighted by Crippen LogP contribution is 2.23. The molecule has 1 aromatic heterocycles. The van der Waals surface area contributed by atoms with Gasteiger partial charge in [-0.3, -0.25) is 0 Å². The van der Waals surface area contributed by atoms with Crippen molar-refractivity contribution in [3.05, 3.63) is 35.0 Å². The molecule has 0 aliphatic carbocycles. The van der Waals surface area contributed by atoms with Gasteiger partial charge < -0.3 is 15.2 Å². The molecule has 1 aliphatic heterocycles. The van der Waals surface area contributed by atoms with Gasteiger partial charge in [0, 0.05) is 55.7 Å². The van der Waals surface area contributed by atoms with Gasteiger partial charge in [-0.15, -0.1) is 0 Å². The van der Waals surface area contributed by atoms with Crippen molar-refractivity contribution in [2.75, 3.05) is 32.7 Å². The van der Waals surface area contributed by atoms with E-state index in [4.69, 9.17) is 0 Å². The van der Waals surface area contributed by atoms with Gasteiger partial charge in [0.05, 0.1) is 0 Å². The molecule has 1 aliphatic rings. The van der Waals surface area contributed by atoms with Crippen molar-refractivity contribution in [1.82, 2.24) is 15.2 Å². The summed E-state index contributed by atoms with van der Waals surface area (Å²) in [6, 6.07) is 6.69. The number of nitrogens with zero attached hydrogens (tertiary/aromatic N) is 1. The zero-order valence-electron chi connectivity index (χ0n) is 11.9. The molecule has 0 radical (unpaired) electrons. The normalized spacial score (nSPS) is 17.2. The Hall–Kier alpha value is -1.32. The third kappa shape index (κ3) is 2.67. The van der Waals surface area contributed by atoms with Crippen molar-refractivity contribution in [3.63, 3.8) is 0 Å². The average molecular weight is 257 g/mol. The lowest BCUT2D eigenvalue weighted by Gasteiger charge is -2.26. The van der Waals surface area contributed by atoms with Gasteiger partial charge in [0.2, 0.25) is 0 Å². The van der Waals surface area contributed by atoms with Crippen molar-refractivity contribution in [3.8, 4) is 0 Å². The zero-order chi connectivity index (χ0) is 13.2. The molecule has 1 aromatic carbocycles. The summed E-state index contributed by atoms with van der Waals surface area (Å²) in [4.78, 5) is 6.15. The highest BCUT2D eigenvalue weighted by atomic mass is 15.2. The highest BCUT2D eigenvalue weighted by molar-refractivity contribution is 5.84. The lowest BCUT2D eigenvalue weighted by Crippen LogP contribution is -2.44. The van der Waals surface area contributed by atoms with E-state index in [-0.39, 0.29) is 0 Å². The van der Waals surface area contributed by atoms with Crippen LogP contribution >= 0.6 is 0 Å². The van der Waals surface area contributed by atoms with Crippen molar-refractivity contribution in [2.45, 2.75) is 20.3 Å². The fraction of sp³-hybridized carbons (Fsp3) is 0.500. The average Bonchev–Trinajstić information content (AvgIpc) is 2.74. The number of benzene rings is 1. The SMILES string of the molecule is Cc1ccc2c(C)c(CCN3CCNCC3)[nH]c2c1. The minimum absolute atomic E-state index is 1.12. The van der Waals surface area contributed by atoms with E-state index >= 15 is 0 Å². The van der Waals surface area contributed by atoms with E-state index in [2.05, 4.69) is 47.2 Å². The van der Waals surface area contributed by atoms with E-state index in [1.165, 1.54) is 40.8 Å². The number of piperazine rings is 1. The second kappa shape index (κ2) is 5.35. The van der Waals surface area contributed by atoms with E-state index < -0.39 is 0 Å². The van der Waals surface area contributed by atoms with E-state index in [0.717, 1.165) is 26.1 Å². The third-order valence-electron chi connectivity index (χ3n) is 4.20. The number of fused-ring (bicyclic) bond motifs is 1. The first-order valence-electron chi connectivity index (χ1n) is 7.25. The fourth-order valence-corrected chi connectivity index (χ4v) is 2.96. The summed E-state index contributed by atoms with van der Waals surface area (Å²) in [6.45, 7) is 10.2. The number of H-pyrrole nitrogens is 1. The molecule has 1 saturated heterocycles. The van der Waals surface area contributed by atoms with Gasteiger partial charge in [0.25, 0.3) is 0 Å². The Bertz CT molecular complexity index is 565.